The van der Waals surface area contributed by atoms with E-state index in [1.165, 1.54) is 12.0 Å². The summed E-state index contributed by atoms with van der Waals surface area (Å²) in [5.74, 6) is 0.767. The monoisotopic (exact) mass is 175 g/mol. The lowest BCUT2D eigenvalue weighted by Crippen LogP contribution is -2.25. The number of benzene rings is 1. The van der Waals surface area contributed by atoms with Gasteiger partial charge < -0.3 is 5.32 Å². The quantitative estimate of drug-likeness (QED) is 0.744. The van der Waals surface area contributed by atoms with Gasteiger partial charge in [0.25, 0.3) is 0 Å². The molecule has 13 heavy (non-hydrogen) atoms. The maximum Gasteiger partial charge on any atom is 0.0145 e. The molecule has 0 radical (unpaired) electrons. The molecule has 0 unspecified atom stereocenters. The van der Waals surface area contributed by atoms with Gasteiger partial charge in [-0.1, -0.05) is 44.2 Å². The van der Waals surface area contributed by atoms with Crippen LogP contribution in [0.5, 0.6) is 0 Å². The Balaban J connectivity index is 1.93. The van der Waals surface area contributed by atoms with Crippen LogP contribution in [0.25, 0.3) is 0 Å². The molecule has 2 atom stereocenters. The standard InChI is InChI=1S/C12H17N/c1-9(2)13-12-8-11(12)10-6-4-3-5-7-10/h3-7,9,11-13H,8H2,1-2H3/t11-,12+/m1/s1. The Kier molecular flexibility index (Phi) is 2.36. The van der Waals surface area contributed by atoms with Crippen molar-refractivity contribution in [1.82, 2.24) is 5.32 Å². The highest BCUT2D eigenvalue weighted by molar-refractivity contribution is 5.27. The zero-order chi connectivity index (χ0) is 9.26. The van der Waals surface area contributed by atoms with Crippen LogP contribution in [0.15, 0.2) is 30.3 Å². The average molecular weight is 175 g/mol. The largest absolute Gasteiger partial charge is 0.311 e. The van der Waals surface area contributed by atoms with Crippen LogP contribution in [-0.4, -0.2) is 12.1 Å². The van der Waals surface area contributed by atoms with Gasteiger partial charge in [-0.2, -0.15) is 0 Å². The van der Waals surface area contributed by atoms with Gasteiger partial charge in [0.1, 0.15) is 0 Å². The second kappa shape index (κ2) is 3.51. The van der Waals surface area contributed by atoms with E-state index in [1.807, 2.05) is 0 Å². The maximum absolute atomic E-state index is 3.57. The molecule has 0 amide bonds. The lowest BCUT2D eigenvalue weighted by molar-refractivity contribution is 0.576. The molecule has 0 saturated heterocycles. The summed E-state index contributed by atoms with van der Waals surface area (Å²) in [5.41, 5.74) is 1.49. The Bertz CT molecular complexity index is 266. The first-order chi connectivity index (χ1) is 6.27. The molecule has 0 spiro atoms. The molecule has 0 heterocycles. The molecule has 1 aromatic rings. The van der Waals surface area contributed by atoms with E-state index < -0.39 is 0 Å². The van der Waals surface area contributed by atoms with E-state index >= 15 is 0 Å². The highest BCUT2D eigenvalue weighted by Gasteiger charge is 2.37. The van der Waals surface area contributed by atoms with Crippen molar-refractivity contribution in [3.63, 3.8) is 0 Å². The van der Waals surface area contributed by atoms with Crippen LogP contribution >= 0.6 is 0 Å². The van der Waals surface area contributed by atoms with Crippen molar-refractivity contribution in [2.75, 3.05) is 0 Å². The van der Waals surface area contributed by atoms with Crippen LogP contribution in [-0.2, 0) is 0 Å². The third kappa shape index (κ3) is 2.10. The molecule has 1 aliphatic rings. The smallest absolute Gasteiger partial charge is 0.0145 e. The summed E-state index contributed by atoms with van der Waals surface area (Å²) in [6.45, 7) is 4.42. The second-order valence-electron chi connectivity index (χ2n) is 4.18. The summed E-state index contributed by atoms with van der Waals surface area (Å²) in [6, 6.07) is 12.1. The Morgan fingerprint density at radius 2 is 1.92 bits per heavy atom. The third-order valence-electron chi connectivity index (χ3n) is 2.57. The van der Waals surface area contributed by atoms with Gasteiger partial charge in [0, 0.05) is 18.0 Å². The minimum Gasteiger partial charge on any atom is -0.311 e. The van der Waals surface area contributed by atoms with Crippen LogP contribution in [0.2, 0.25) is 0 Å². The Labute approximate surface area is 80.2 Å². The van der Waals surface area contributed by atoms with E-state index in [4.69, 9.17) is 0 Å². The number of rotatable bonds is 3. The molecule has 1 aliphatic carbocycles. The highest BCUT2D eigenvalue weighted by Crippen LogP contribution is 2.40. The van der Waals surface area contributed by atoms with Crippen LogP contribution in [0, 0.1) is 0 Å². The fourth-order valence-corrected chi connectivity index (χ4v) is 1.88. The molecule has 0 aromatic heterocycles. The number of hydrogen-bond acceptors (Lipinski definition) is 1. The Morgan fingerprint density at radius 3 is 2.54 bits per heavy atom. The minimum absolute atomic E-state index is 0.610. The first-order valence-electron chi connectivity index (χ1n) is 5.08. The van der Waals surface area contributed by atoms with E-state index in [0.717, 1.165) is 12.0 Å². The lowest BCUT2D eigenvalue weighted by Gasteiger charge is -2.06. The summed E-state index contributed by atoms with van der Waals surface area (Å²) in [5, 5.41) is 3.57. The van der Waals surface area contributed by atoms with Crippen molar-refractivity contribution in [2.45, 2.75) is 38.3 Å². The lowest BCUT2D eigenvalue weighted by atomic mass is 10.1. The summed E-state index contributed by atoms with van der Waals surface area (Å²) < 4.78 is 0. The highest BCUT2D eigenvalue weighted by atomic mass is 15.0. The van der Waals surface area contributed by atoms with E-state index in [1.54, 1.807) is 0 Å². The summed E-state index contributed by atoms with van der Waals surface area (Å²) in [4.78, 5) is 0. The zero-order valence-electron chi connectivity index (χ0n) is 8.33. The molecule has 0 aliphatic heterocycles. The molecule has 1 saturated carbocycles. The number of hydrogen-bond donors (Lipinski definition) is 1. The van der Waals surface area contributed by atoms with Gasteiger partial charge in [-0.25, -0.2) is 0 Å². The van der Waals surface area contributed by atoms with Crippen LogP contribution in [0.3, 0.4) is 0 Å². The van der Waals surface area contributed by atoms with E-state index in [9.17, 15) is 0 Å². The molecular weight excluding hydrogens is 158 g/mol. The van der Waals surface area contributed by atoms with Crippen LogP contribution in [0.4, 0.5) is 0 Å². The van der Waals surface area contributed by atoms with Crippen LogP contribution in [0.1, 0.15) is 31.7 Å². The maximum atomic E-state index is 3.57. The summed E-state index contributed by atoms with van der Waals surface area (Å²) >= 11 is 0. The van der Waals surface area contributed by atoms with Crippen molar-refractivity contribution < 1.29 is 0 Å². The van der Waals surface area contributed by atoms with Crippen molar-refractivity contribution in [2.24, 2.45) is 0 Å². The van der Waals surface area contributed by atoms with Crippen molar-refractivity contribution in [1.29, 1.82) is 0 Å². The fraction of sp³-hybridized carbons (Fsp3) is 0.500. The van der Waals surface area contributed by atoms with Gasteiger partial charge in [-0.15, -0.1) is 0 Å². The predicted octanol–water partition coefficient (Wildman–Crippen LogP) is 2.54. The SMILES string of the molecule is CC(C)N[C@H]1C[C@@H]1c1ccccc1. The van der Waals surface area contributed by atoms with Gasteiger partial charge in [0.15, 0.2) is 0 Å². The van der Waals surface area contributed by atoms with Crippen molar-refractivity contribution in [3.05, 3.63) is 35.9 Å². The molecule has 1 fully saturated rings. The molecule has 2 rings (SSSR count). The zero-order valence-corrected chi connectivity index (χ0v) is 8.33. The van der Waals surface area contributed by atoms with Crippen molar-refractivity contribution >= 4 is 0 Å². The average Bonchev–Trinajstić information content (AvgIpc) is 2.84. The number of nitrogens with one attached hydrogen (secondary N) is 1. The van der Waals surface area contributed by atoms with Crippen LogP contribution < -0.4 is 5.32 Å². The fourth-order valence-electron chi connectivity index (χ4n) is 1.88. The second-order valence-corrected chi connectivity index (χ2v) is 4.18. The predicted molar refractivity (Wildman–Crippen MR) is 55.9 cm³/mol. The summed E-state index contributed by atoms with van der Waals surface area (Å²) in [6.07, 6.45) is 1.31. The van der Waals surface area contributed by atoms with Gasteiger partial charge in [-0.05, 0) is 12.0 Å². The third-order valence-corrected chi connectivity index (χ3v) is 2.57. The van der Waals surface area contributed by atoms with Gasteiger partial charge >= 0.3 is 0 Å². The van der Waals surface area contributed by atoms with Gasteiger partial charge in [0.05, 0.1) is 0 Å². The molecule has 0 bridgehead atoms. The molecule has 1 nitrogen and oxygen atoms in total. The molecule has 1 heteroatoms. The topological polar surface area (TPSA) is 12.0 Å². The molecule has 1 N–H and O–H groups in total. The first-order valence-corrected chi connectivity index (χ1v) is 5.08. The summed E-state index contributed by atoms with van der Waals surface area (Å²) in [7, 11) is 0. The first kappa shape index (κ1) is 8.76. The Hall–Kier alpha value is -0.820. The van der Waals surface area contributed by atoms with E-state index in [0.29, 0.717) is 6.04 Å². The van der Waals surface area contributed by atoms with E-state index in [2.05, 4.69) is 49.5 Å². The van der Waals surface area contributed by atoms with Crippen molar-refractivity contribution in [3.8, 4) is 0 Å². The Morgan fingerprint density at radius 1 is 1.23 bits per heavy atom. The van der Waals surface area contributed by atoms with E-state index in [-0.39, 0.29) is 0 Å². The normalized spacial score (nSPS) is 26.4. The molecular formula is C12H17N. The van der Waals surface area contributed by atoms with Gasteiger partial charge in [-0.3, -0.25) is 0 Å². The molecule has 70 valence electrons. The van der Waals surface area contributed by atoms with Gasteiger partial charge in [0.2, 0.25) is 0 Å². The minimum atomic E-state index is 0.610. The molecule has 1 aromatic carbocycles.